The van der Waals surface area contributed by atoms with Crippen molar-refractivity contribution in [2.75, 3.05) is 19.7 Å². The monoisotopic (exact) mass is 403 g/mol. The lowest BCUT2D eigenvalue weighted by Crippen LogP contribution is -2.40. The van der Waals surface area contributed by atoms with Gasteiger partial charge in [0.2, 0.25) is 11.7 Å². The summed E-state index contributed by atoms with van der Waals surface area (Å²) in [5.41, 5.74) is 0.527. The topological polar surface area (TPSA) is 60.2 Å². The molecule has 0 radical (unpaired) electrons. The first kappa shape index (κ1) is 19.4. The van der Waals surface area contributed by atoms with Crippen molar-refractivity contribution in [3.05, 3.63) is 65.5 Å². The Balaban J connectivity index is 1.46. The lowest BCUT2D eigenvalue weighted by molar-refractivity contribution is -0.138. The van der Waals surface area contributed by atoms with Crippen molar-refractivity contribution in [3.8, 4) is 17.1 Å². The largest absolute Gasteiger partial charge is 0.493 e. The first-order chi connectivity index (χ1) is 14.0. The minimum absolute atomic E-state index is 0.116. The van der Waals surface area contributed by atoms with Crippen LogP contribution in [-0.2, 0) is 12.6 Å². The molecule has 3 aromatic rings. The van der Waals surface area contributed by atoms with Crippen LogP contribution in [0, 0.1) is 0 Å². The van der Waals surface area contributed by atoms with Crippen molar-refractivity contribution in [1.82, 2.24) is 15.5 Å². The van der Waals surface area contributed by atoms with Crippen LogP contribution < -0.4 is 10.1 Å². The van der Waals surface area contributed by atoms with Crippen LogP contribution in [0.3, 0.4) is 0 Å². The van der Waals surface area contributed by atoms with E-state index in [-0.39, 0.29) is 29.7 Å². The van der Waals surface area contributed by atoms with Crippen molar-refractivity contribution >= 4 is 0 Å². The molecule has 0 spiro atoms. The van der Waals surface area contributed by atoms with Crippen LogP contribution in [0.5, 0.6) is 5.75 Å². The molecule has 0 unspecified atom stereocenters. The van der Waals surface area contributed by atoms with Crippen LogP contribution in [0.2, 0.25) is 0 Å². The molecule has 1 fully saturated rings. The third kappa shape index (κ3) is 4.59. The SMILES string of the molecule is FC(F)(F)c1cc(-c2noc(C3CNC3)n2)ccc1OCCCc1ccccc1. The highest BCUT2D eigenvalue weighted by molar-refractivity contribution is 5.59. The Morgan fingerprint density at radius 3 is 2.59 bits per heavy atom. The Bertz CT molecular complexity index is 953. The number of halogens is 3. The van der Waals surface area contributed by atoms with E-state index in [1.165, 1.54) is 12.1 Å². The van der Waals surface area contributed by atoms with Gasteiger partial charge in [-0.05, 0) is 36.6 Å². The highest BCUT2D eigenvalue weighted by Crippen LogP contribution is 2.38. The summed E-state index contributed by atoms with van der Waals surface area (Å²) in [7, 11) is 0. The fraction of sp³-hybridized carbons (Fsp3) is 0.333. The maximum atomic E-state index is 13.6. The van der Waals surface area contributed by atoms with Crippen LogP contribution in [0.4, 0.5) is 13.2 Å². The Kier molecular flexibility index (Phi) is 5.53. The van der Waals surface area contributed by atoms with Gasteiger partial charge in [0, 0.05) is 18.7 Å². The number of hydrogen-bond donors (Lipinski definition) is 1. The molecule has 0 saturated carbocycles. The van der Waals surface area contributed by atoms with Gasteiger partial charge in [-0.2, -0.15) is 18.2 Å². The second-order valence-electron chi connectivity index (χ2n) is 6.96. The van der Waals surface area contributed by atoms with Gasteiger partial charge in [-0.3, -0.25) is 0 Å². The van der Waals surface area contributed by atoms with Gasteiger partial charge in [0.15, 0.2) is 0 Å². The molecule has 0 bridgehead atoms. The van der Waals surface area contributed by atoms with Gasteiger partial charge in [-0.25, -0.2) is 0 Å². The quantitative estimate of drug-likeness (QED) is 0.591. The number of rotatable bonds is 7. The average Bonchev–Trinajstić information content (AvgIpc) is 3.13. The van der Waals surface area contributed by atoms with Crippen molar-refractivity contribution in [2.45, 2.75) is 24.9 Å². The van der Waals surface area contributed by atoms with Crippen LogP contribution in [0.15, 0.2) is 53.1 Å². The molecular formula is C21H20F3N3O2. The van der Waals surface area contributed by atoms with E-state index in [4.69, 9.17) is 9.26 Å². The molecule has 0 aliphatic carbocycles. The van der Waals surface area contributed by atoms with E-state index in [1.54, 1.807) is 0 Å². The summed E-state index contributed by atoms with van der Waals surface area (Å²) in [5, 5.41) is 6.92. The molecule has 152 valence electrons. The number of alkyl halides is 3. The molecule has 29 heavy (non-hydrogen) atoms. The minimum Gasteiger partial charge on any atom is -0.493 e. The summed E-state index contributed by atoms with van der Waals surface area (Å²) in [6.07, 6.45) is -3.19. The van der Waals surface area contributed by atoms with E-state index in [0.29, 0.717) is 12.3 Å². The lowest BCUT2D eigenvalue weighted by atomic mass is 10.0. The van der Waals surface area contributed by atoms with Crippen LogP contribution >= 0.6 is 0 Å². The molecule has 4 rings (SSSR count). The molecule has 1 aliphatic heterocycles. The highest BCUT2D eigenvalue weighted by Gasteiger charge is 2.35. The van der Waals surface area contributed by atoms with Crippen LogP contribution in [0.1, 0.15) is 29.4 Å². The first-order valence-electron chi connectivity index (χ1n) is 9.43. The predicted molar refractivity (Wildman–Crippen MR) is 101 cm³/mol. The van der Waals surface area contributed by atoms with Gasteiger partial charge < -0.3 is 14.6 Å². The maximum Gasteiger partial charge on any atom is 0.419 e. The van der Waals surface area contributed by atoms with Gasteiger partial charge in [0.1, 0.15) is 5.75 Å². The van der Waals surface area contributed by atoms with Crippen LogP contribution in [0.25, 0.3) is 11.4 Å². The zero-order chi connectivity index (χ0) is 20.3. The minimum atomic E-state index is -4.55. The summed E-state index contributed by atoms with van der Waals surface area (Å²) in [4.78, 5) is 4.24. The van der Waals surface area contributed by atoms with Crippen LogP contribution in [-0.4, -0.2) is 29.8 Å². The average molecular weight is 403 g/mol. The van der Waals surface area contributed by atoms with Crippen molar-refractivity contribution in [1.29, 1.82) is 0 Å². The molecule has 2 aromatic carbocycles. The molecule has 1 aliphatic rings. The number of ether oxygens (including phenoxy) is 1. The van der Waals surface area contributed by atoms with E-state index in [1.807, 2.05) is 30.3 Å². The fourth-order valence-electron chi connectivity index (χ4n) is 3.10. The second kappa shape index (κ2) is 8.24. The van der Waals surface area contributed by atoms with E-state index in [0.717, 1.165) is 31.1 Å². The Morgan fingerprint density at radius 1 is 1.10 bits per heavy atom. The second-order valence-corrected chi connectivity index (χ2v) is 6.96. The van der Waals surface area contributed by atoms with E-state index in [2.05, 4.69) is 15.5 Å². The number of aromatic nitrogens is 2. The standard InChI is InChI=1S/C21H20F3N3O2/c22-21(23,24)17-11-15(19-26-20(29-27-19)16-12-25-13-16)8-9-18(17)28-10-4-7-14-5-2-1-3-6-14/h1-3,5-6,8-9,11,16,25H,4,7,10,12-13H2. The molecule has 1 N–H and O–H groups in total. The number of aryl methyl sites for hydroxylation is 1. The number of benzene rings is 2. The fourth-order valence-corrected chi connectivity index (χ4v) is 3.10. The smallest absolute Gasteiger partial charge is 0.419 e. The van der Waals surface area contributed by atoms with Crippen molar-refractivity contribution < 1.29 is 22.4 Å². The third-order valence-corrected chi connectivity index (χ3v) is 4.83. The van der Waals surface area contributed by atoms with Crippen molar-refractivity contribution in [2.24, 2.45) is 0 Å². The Labute approximate surface area is 165 Å². The summed E-state index contributed by atoms with van der Waals surface area (Å²) >= 11 is 0. The first-order valence-corrected chi connectivity index (χ1v) is 9.43. The van der Waals surface area contributed by atoms with Gasteiger partial charge in [0.05, 0.1) is 18.1 Å². The zero-order valence-corrected chi connectivity index (χ0v) is 15.6. The van der Waals surface area contributed by atoms with Gasteiger partial charge in [-0.15, -0.1) is 0 Å². The van der Waals surface area contributed by atoms with Gasteiger partial charge in [0.25, 0.3) is 0 Å². The van der Waals surface area contributed by atoms with E-state index < -0.39 is 11.7 Å². The molecular weight excluding hydrogens is 383 g/mol. The lowest BCUT2D eigenvalue weighted by Gasteiger charge is -2.22. The molecule has 0 atom stereocenters. The molecule has 2 heterocycles. The number of hydrogen-bond acceptors (Lipinski definition) is 5. The third-order valence-electron chi connectivity index (χ3n) is 4.83. The summed E-state index contributed by atoms with van der Waals surface area (Å²) in [6, 6.07) is 13.6. The number of nitrogens with one attached hydrogen (secondary N) is 1. The Morgan fingerprint density at radius 2 is 1.90 bits per heavy atom. The maximum absolute atomic E-state index is 13.6. The summed E-state index contributed by atoms with van der Waals surface area (Å²) in [6.45, 7) is 1.65. The van der Waals surface area contributed by atoms with Gasteiger partial charge >= 0.3 is 6.18 Å². The molecule has 8 heteroatoms. The highest BCUT2D eigenvalue weighted by atomic mass is 19.4. The van der Waals surface area contributed by atoms with Crippen molar-refractivity contribution in [3.63, 3.8) is 0 Å². The predicted octanol–water partition coefficient (Wildman–Crippen LogP) is 4.45. The molecule has 1 saturated heterocycles. The summed E-state index contributed by atoms with van der Waals surface area (Å²) < 4.78 is 51.3. The zero-order valence-electron chi connectivity index (χ0n) is 15.6. The molecule has 0 amide bonds. The van der Waals surface area contributed by atoms with Gasteiger partial charge in [-0.1, -0.05) is 35.5 Å². The van der Waals surface area contributed by atoms with E-state index in [9.17, 15) is 13.2 Å². The van der Waals surface area contributed by atoms with E-state index >= 15 is 0 Å². The molecule has 5 nitrogen and oxygen atoms in total. The Hall–Kier alpha value is -2.87. The normalized spacial score (nSPS) is 14.6. The number of nitrogens with zero attached hydrogens (tertiary/aromatic N) is 2. The molecule has 1 aromatic heterocycles. The summed E-state index contributed by atoms with van der Waals surface area (Å²) in [5.74, 6) is 0.508.